The highest BCUT2D eigenvalue weighted by Gasteiger charge is 2.21. The van der Waals surface area contributed by atoms with Crippen LogP contribution in [0.15, 0.2) is 52.9 Å². The van der Waals surface area contributed by atoms with Gasteiger partial charge in [-0.05, 0) is 36.1 Å². The van der Waals surface area contributed by atoms with Gasteiger partial charge in [0, 0.05) is 31.5 Å². The normalized spacial score (nSPS) is 13.5. The Morgan fingerprint density at radius 2 is 1.85 bits per heavy atom. The fraction of sp³-hybridized carbons (Fsp3) is 0.286. The highest BCUT2D eigenvalue weighted by Crippen LogP contribution is 2.23. The number of hydrogen-bond acceptors (Lipinski definition) is 4. The maximum Gasteiger partial charge on any atom is 0.247 e. The van der Waals surface area contributed by atoms with E-state index in [9.17, 15) is 4.79 Å². The Morgan fingerprint density at radius 3 is 2.69 bits per heavy atom. The van der Waals surface area contributed by atoms with E-state index in [1.54, 1.807) is 0 Å². The number of rotatable bonds is 4. The summed E-state index contributed by atoms with van der Waals surface area (Å²) in [6, 6.07) is 16.2. The van der Waals surface area contributed by atoms with Gasteiger partial charge in [-0.2, -0.15) is 0 Å². The summed E-state index contributed by atoms with van der Waals surface area (Å²) in [7, 11) is 0. The van der Waals surface area contributed by atoms with Crippen LogP contribution in [0.5, 0.6) is 0 Å². The van der Waals surface area contributed by atoms with Gasteiger partial charge in [-0.15, -0.1) is 10.2 Å². The molecule has 4 rings (SSSR count). The van der Waals surface area contributed by atoms with Crippen molar-refractivity contribution < 1.29 is 9.21 Å². The predicted octanol–water partition coefficient (Wildman–Crippen LogP) is 3.56. The van der Waals surface area contributed by atoms with Crippen LogP contribution in [0.25, 0.3) is 11.5 Å². The monoisotopic (exact) mass is 347 g/mol. The number of aromatic nitrogens is 2. The first-order chi connectivity index (χ1) is 12.7. The fourth-order valence-electron chi connectivity index (χ4n) is 3.36. The van der Waals surface area contributed by atoms with Crippen molar-refractivity contribution in [2.45, 2.75) is 32.7 Å². The minimum absolute atomic E-state index is 0.134. The SMILES string of the molecule is Cc1ccccc1-c1nnc(CCC(=O)N2CCc3ccccc3C2)o1. The molecule has 132 valence electrons. The lowest BCUT2D eigenvalue weighted by Crippen LogP contribution is -2.36. The van der Waals surface area contributed by atoms with Gasteiger partial charge in [-0.3, -0.25) is 4.79 Å². The molecule has 0 saturated heterocycles. The van der Waals surface area contributed by atoms with Crippen molar-refractivity contribution in [2.75, 3.05) is 6.54 Å². The minimum atomic E-state index is 0.134. The van der Waals surface area contributed by atoms with Crippen molar-refractivity contribution in [2.24, 2.45) is 0 Å². The molecule has 0 N–H and O–H groups in total. The summed E-state index contributed by atoms with van der Waals surface area (Å²) in [4.78, 5) is 14.5. The Labute approximate surface area is 152 Å². The molecule has 3 aromatic rings. The number of benzene rings is 2. The van der Waals surface area contributed by atoms with E-state index in [1.807, 2.05) is 42.2 Å². The molecule has 1 aliphatic rings. The maximum absolute atomic E-state index is 12.5. The molecule has 5 heteroatoms. The molecule has 0 unspecified atom stereocenters. The summed E-state index contributed by atoms with van der Waals surface area (Å²) in [5, 5.41) is 8.23. The van der Waals surface area contributed by atoms with Crippen LogP contribution >= 0.6 is 0 Å². The molecule has 0 aliphatic carbocycles. The maximum atomic E-state index is 12.5. The first-order valence-corrected chi connectivity index (χ1v) is 8.93. The first-order valence-electron chi connectivity index (χ1n) is 8.93. The van der Waals surface area contributed by atoms with Crippen molar-refractivity contribution in [3.63, 3.8) is 0 Å². The Hall–Kier alpha value is -2.95. The molecule has 1 aliphatic heterocycles. The Morgan fingerprint density at radius 1 is 1.08 bits per heavy atom. The van der Waals surface area contributed by atoms with Gasteiger partial charge < -0.3 is 9.32 Å². The van der Waals surface area contributed by atoms with Crippen molar-refractivity contribution in [3.05, 3.63) is 71.1 Å². The second-order valence-corrected chi connectivity index (χ2v) is 6.65. The highest BCUT2D eigenvalue weighted by molar-refractivity contribution is 5.76. The van der Waals surface area contributed by atoms with Crippen LogP contribution in [0.4, 0.5) is 0 Å². The summed E-state index contributed by atoms with van der Waals surface area (Å²) in [6.45, 7) is 3.47. The molecule has 0 spiro atoms. The smallest absolute Gasteiger partial charge is 0.247 e. The summed E-state index contributed by atoms with van der Waals surface area (Å²) in [5.74, 6) is 1.15. The number of carbonyl (C=O) groups excluding carboxylic acids is 1. The van der Waals surface area contributed by atoms with E-state index in [-0.39, 0.29) is 5.91 Å². The number of aryl methyl sites for hydroxylation is 2. The quantitative estimate of drug-likeness (QED) is 0.724. The average Bonchev–Trinajstić information content (AvgIpc) is 3.15. The molecule has 0 bridgehead atoms. The number of amides is 1. The van der Waals surface area contributed by atoms with E-state index >= 15 is 0 Å². The molecular formula is C21H21N3O2. The first kappa shape index (κ1) is 16.5. The molecular weight excluding hydrogens is 326 g/mol. The van der Waals surface area contributed by atoms with Crippen LogP contribution in [-0.4, -0.2) is 27.5 Å². The number of hydrogen-bond donors (Lipinski definition) is 0. The summed E-state index contributed by atoms with van der Waals surface area (Å²) in [5.41, 5.74) is 4.61. The summed E-state index contributed by atoms with van der Waals surface area (Å²) in [6.07, 6.45) is 1.77. The van der Waals surface area contributed by atoms with Crippen molar-refractivity contribution in [1.29, 1.82) is 0 Å². The zero-order chi connectivity index (χ0) is 17.9. The zero-order valence-electron chi connectivity index (χ0n) is 14.8. The molecule has 2 heterocycles. The van der Waals surface area contributed by atoms with Crippen LogP contribution in [-0.2, 0) is 24.2 Å². The lowest BCUT2D eigenvalue weighted by atomic mass is 9.99. The molecule has 0 saturated carbocycles. The van der Waals surface area contributed by atoms with Gasteiger partial charge in [0.15, 0.2) is 0 Å². The van der Waals surface area contributed by atoms with E-state index < -0.39 is 0 Å². The predicted molar refractivity (Wildman–Crippen MR) is 98.4 cm³/mol. The standard InChI is InChI=1S/C21H21N3O2/c1-15-6-2-5-9-18(15)21-23-22-19(26-21)10-11-20(25)24-13-12-16-7-3-4-8-17(16)14-24/h2-9H,10-14H2,1H3. The third-order valence-corrected chi connectivity index (χ3v) is 4.88. The van der Waals surface area contributed by atoms with Gasteiger partial charge in [-0.1, -0.05) is 42.5 Å². The molecule has 5 nitrogen and oxygen atoms in total. The van der Waals surface area contributed by atoms with E-state index in [1.165, 1.54) is 11.1 Å². The van der Waals surface area contributed by atoms with E-state index in [0.29, 0.717) is 31.2 Å². The third-order valence-electron chi connectivity index (χ3n) is 4.88. The van der Waals surface area contributed by atoms with Gasteiger partial charge in [0.05, 0.1) is 0 Å². The second-order valence-electron chi connectivity index (χ2n) is 6.65. The Bertz CT molecular complexity index is 932. The molecule has 26 heavy (non-hydrogen) atoms. The van der Waals surface area contributed by atoms with Crippen molar-refractivity contribution in [1.82, 2.24) is 15.1 Å². The van der Waals surface area contributed by atoms with Crippen LogP contribution in [0.2, 0.25) is 0 Å². The summed E-state index contributed by atoms with van der Waals surface area (Å²) >= 11 is 0. The number of nitrogens with zero attached hydrogens (tertiary/aromatic N) is 3. The van der Waals surface area contributed by atoms with Crippen LogP contribution < -0.4 is 0 Å². The van der Waals surface area contributed by atoms with Crippen LogP contribution in [0, 0.1) is 6.92 Å². The summed E-state index contributed by atoms with van der Waals surface area (Å²) < 4.78 is 5.75. The third kappa shape index (κ3) is 3.38. The Kier molecular flexibility index (Phi) is 4.52. The average molecular weight is 347 g/mol. The van der Waals surface area contributed by atoms with Crippen molar-refractivity contribution in [3.8, 4) is 11.5 Å². The van der Waals surface area contributed by atoms with Crippen LogP contribution in [0.1, 0.15) is 29.0 Å². The number of fused-ring (bicyclic) bond motifs is 1. The van der Waals surface area contributed by atoms with E-state index in [2.05, 4.69) is 28.4 Å². The lowest BCUT2D eigenvalue weighted by molar-refractivity contribution is -0.132. The number of carbonyl (C=O) groups is 1. The lowest BCUT2D eigenvalue weighted by Gasteiger charge is -2.28. The van der Waals surface area contributed by atoms with Gasteiger partial charge in [0.25, 0.3) is 0 Å². The van der Waals surface area contributed by atoms with Crippen molar-refractivity contribution >= 4 is 5.91 Å². The van der Waals surface area contributed by atoms with E-state index in [0.717, 1.165) is 24.1 Å². The molecule has 0 atom stereocenters. The molecule has 2 aromatic carbocycles. The second kappa shape index (κ2) is 7.12. The highest BCUT2D eigenvalue weighted by atomic mass is 16.4. The molecule has 1 amide bonds. The zero-order valence-corrected chi connectivity index (χ0v) is 14.8. The fourth-order valence-corrected chi connectivity index (χ4v) is 3.36. The molecule has 0 radical (unpaired) electrons. The topological polar surface area (TPSA) is 59.2 Å². The van der Waals surface area contributed by atoms with Gasteiger partial charge in [0.2, 0.25) is 17.7 Å². The molecule has 1 aromatic heterocycles. The molecule has 0 fully saturated rings. The Balaban J connectivity index is 1.38. The minimum Gasteiger partial charge on any atom is -0.421 e. The van der Waals surface area contributed by atoms with E-state index in [4.69, 9.17) is 4.42 Å². The largest absolute Gasteiger partial charge is 0.421 e. The van der Waals surface area contributed by atoms with Crippen LogP contribution in [0.3, 0.4) is 0 Å². The van der Waals surface area contributed by atoms with Gasteiger partial charge in [0.1, 0.15) is 0 Å². The van der Waals surface area contributed by atoms with Gasteiger partial charge in [-0.25, -0.2) is 0 Å². The van der Waals surface area contributed by atoms with Gasteiger partial charge >= 0.3 is 0 Å².